The van der Waals surface area contributed by atoms with Gasteiger partial charge in [-0.3, -0.25) is 4.79 Å². The van der Waals surface area contributed by atoms with E-state index >= 15 is 0 Å². The number of nitrogens with two attached hydrogens (primary N) is 1. The quantitative estimate of drug-likeness (QED) is 0.802. The van der Waals surface area contributed by atoms with Crippen molar-refractivity contribution in [2.24, 2.45) is 5.73 Å². The number of hydrogen-bond donors (Lipinski definition) is 1. The Bertz CT molecular complexity index is 408. The average molecular weight is 381 g/mol. The minimum absolute atomic E-state index is 0. The van der Waals surface area contributed by atoms with Gasteiger partial charge < -0.3 is 10.6 Å². The largest absolute Gasteiger partial charge is 0.334 e. The second-order valence-corrected chi connectivity index (χ2v) is 5.78. The molecular formula is C13H18ClIN2O. The highest BCUT2D eigenvalue weighted by atomic mass is 127. The monoisotopic (exact) mass is 380 g/mol. The van der Waals surface area contributed by atoms with Gasteiger partial charge in [0, 0.05) is 10.1 Å². The molecule has 0 saturated carbocycles. The number of likely N-dealkylation sites (tertiary alicyclic amines) is 1. The number of halogens is 2. The van der Waals surface area contributed by atoms with E-state index in [9.17, 15) is 4.79 Å². The molecule has 1 amide bonds. The third-order valence-corrected chi connectivity index (χ3v) is 3.90. The second-order valence-electron chi connectivity index (χ2n) is 4.53. The van der Waals surface area contributed by atoms with Gasteiger partial charge in [0.2, 0.25) is 5.91 Å². The standard InChI is InChI=1S/C13H17IN2O.ClH/c1-9(15)13(17)16-8-2-3-12(16)10-4-6-11(14)7-5-10;/h4-7,9,12H,2-3,8,15H2,1H3;1H. The number of carbonyl (C=O) groups excluding carboxylic acids is 1. The molecule has 1 aromatic rings. The molecule has 5 heteroatoms. The maximum Gasteiger partial charge on any atom is 0.239 e. The molecule has 1 heterocycles. The first-order valence-electron chi connectivity index (χ1n) is 5.91. The molecule has 2 N–H and O–H groups in total. The molecule has 1 aliphatic rings. The highest BCUT2D eigenvalue weighted by Crippen LogP contribution is 2.32. The van der Waals surface area contributed by atoms with E-state index in [1.165, 1.54) is 9.13 Å². The summed E-state index contributed by atoms with van der Waals surface area (Å²) >= 11 is 2.29. The smallest absolute Gasteiger partial charge is 0.239 e. The Labute approximate surface area is 128 Å². The Morgan fingerprint density at radius 2 is 2.06 bits per heavy atom. The van der Waals surface area contributed by atoms with Crippen molar-refractivity contribution in [2.45, 2.75) is 31.8 Å². The molecule has 1 fully saturated rings. The normalized spacial score (nSPS) is 20.4. The van der Waals surface area contributed by atoms with Gasteiger partial charge in [-0.25, -0.2) is 0 Å². The number of hydrogen-bond acceptors (Lipinski definition) is 2. The molecule has 18 heavy (non-hydrogen) atoms. The number of nitrogens with zero attached hydrogens (tertiary/aromatic N) is 1. The van der Waals surface area contributed by atoms with Crippen molar-refractivity contribution in [1.29, 1.82) is 0 Å². The fourth-order valence-corrected chi connectivity index (χ4v) is 2.68. The number of amides is 1. The van der Waals surface area contributed by atoms with Crippen LogP contribution in [0.15, 0.2) is 24.3 Å². The maximum absolute atomic E-state index is 12.0. The van der Waals surface area contributed by atoms with Crippen molar-refractivity contribution in [3.8, 4) is 0 Å². The van der Waals surface area contributed by atoms with Crippen LogP contribution in [0.3, 0.4) is 0 Å². The summed E-state index contributed by atoms with van der Waals surface area (Å²) in [4.78, 5) is 13.9. The van der Waals surface area contributed by atoms with Gasteiger partial charge >= 0.3 is 0 Å². The molecule has 0 spiro atoms. The molecule has 0 aliphatic carbocycles. The van der Waals surface area contributed by atoms with Gasteiger partial charge in [-0.2, -0.15) is 0 Å². The van der Waals surface area contributed by atoms with E-state index in [0.717, 1.165) is 19.4 Å². The molecule has 1 aromatic carbocycles. The van der Waals surface area contributed by atoms with Crippen molar-refractivity contribution in [1.82, 2.24) is 4.90 Å². The third-order valence-electron chi connectivity index (χ3n) is 3.18. The molecule has 2 unspecified atom stereocenters. The minimum Gasteiger partial charge on any atom is -0.334 e. The van der Waals surface area contributed by atoms with Crippen LogP contribution in [0.5, 0.6) is 0 Å². The highest BCUT2D eigenvalue weighted by molar-refractivity contribution is 14.1. The van der Waals surface area contributed by atoms with Crippen LogP contribution < -0.4 is 5.73 Å². The Hall–Kier alpha value is -0.330. The fourth-order valence-electron chi connectivity index (χ4n) is 2.32. The third kappa shape index (κ3) is 3.36. The fraction of sp³-hybridized carbons (Fsp3) is 0.462. The lowest BCUT2D eigenvalue weighted by molar-refractivity contribution is -0.133. The van der Waals surface area contributed by atoms with E-state index in [2.05, 4.69) is 46.9 Å². The zero-order chi connectivity index (χ0) is 12.4. The summed E-state index contributed by atoms with van der Waals surface area (Å²) in [6, 6.07) is 8.20. The van der Waals surface area contributed by atoms with Crippen LogP contribution in [0.25, 0.3) is 0 Å². The summed E-state index contributed by atoms with van der Waals surface area (Å²) in [7, 11) is 0. The average Bonchev–Trinajstić information content (AvgIpc) is 2.77. The maximum atomic E-state index is 12.0. The molecule has 2 atom stereocenters. The minimum atomic E-state index is -0.403. The van der Waals surface area contributed by atoms with E-state index < -0.39 is 6.04 Å². The van der Waals surface area contributed by atoms with Gasteiger partial charge in [-0.15, -0.1) is 12.4 Å². The predicted octanol–water partition coefficient (Wildman–Crippen LogP) is 2.72. The zero-order valence-corrected chi connectivity index (χ0v) is 13.3. The molecule has 2 rings (SSSR count). The van der Waals surface area contributed by atoms with Gasteiger partial charge in [0.1, 0.15) is 0 Å². The summed E-state index contributed by atoms with van der Waals surface area (Å²) in [6.07, 6.45) is 2.11. The van der Waals surface area contributed by atoms with Crippen LogP contribution in [0.2, 0.25) is 0 Å². The summed E-state index contributed by atoms with van der Waals surface area (Å²) in [5.41, 5.74) is 6.91. The van der Waals surface area contributed by atoms with Crippen molar-refractivity contribution < 1.29 is 4.79 Å². The molecule has 100 valence electrons. The van der Waals surface area contributed by atoms with Gasteiger partial charge in [0.15, 0.2) is 0 Å². The number of benzene rings is 1. The molecule has 0 aromatic heterocycles. The molecule has 1 aliphatic heterocycles. The second kappa shape index (κ2) is 6.73. The van der Waals surface area contributed by atoms with Gasteiger partial charge in [-0.1, -0.05) is 12.1 Å². The number of rotatable bonds is 2. The Morgan fingerprint density at radius 1 is 1.44 bits per heavy atom. The van der Waals surface area contributed by atoms with Crippen LogP contribution in [-0.2, 0) is 4.79 Å². The summed E-state index contributed by atoms with van der Waals surface area (Å²) < 4.78 is 1.22. The zero-order valence-electron chi connectivity index (χ0n) is 10.3. The van der Waals surface area contributed by atoms with Crippen LogP contribution in [0.1, 0.15) is 31.4 Å². The molecular weight excluding hydrogens is 363 g/mol. The van der Waals surface area contributed by atoms with Gasteiger partial charge in [-0.05, 0) is 60.1 Å². The lowest BCUT2D eigenvalue weighted by Gasteiger charge is -2.26. The van der Waals surface area contributed by atoms with Gasteiger partial charge in [0.05, 0.1) is 12.1 Å². The van der Waals surface area contributed by atoms with Crippen LogP contribution >= 0.6 is 35.0 Å². The summed E-state index contributed by atoms with van der Waals surface area (Å²) in [6.45, 7) is 2.59. The number of carbonyl (C=O) groups is 1. The summed E-state index contributed by atoms with van der Waals surface area (Å²) in [5.74, 6) is 0.0612. The lowest BCUT2D eigenvalue weighted by Crippen LogP contribution is -2.41. The first-order chi connectivity index (χ1) is 8.09. The van der Waals surface area contributed by atoms with Crippen molar-refractivity contribution in [3.63, 3.8) is 0 Å². The van der Waals surface area contributed by atoms with Crippen LogP contribution in [0.4, 0.5) is 0 Å². The van der Waals surface area contributed by atoms with E-state index in [0.29, 0.717) is 0 Å². The Morgan fingerprint density at radius 3 is 2.61 bits per heavy atom. The predicted molar refractivity (Wildman–Crippen MR) is 83.7 cm³/mol. The molecule has 3 nitrogen and oxygen atoms in total. The molecule has 0 bridgehead atoms. The first-order valence-corrected chi connectivity index (χ1v) is 6.99. The Balaban J connectivity index is 0.00000162. The van der Waals surface area contributed by atoms with Crippen molar-refractivity contribution >= 4 is 40.9 Å². The van der Waals surface area contributed by atoms with E-state index in [1.54, 1.807) is 6.92 Å². The van der Waals surface area contributed by atoms with E-state index in [-0.39, 0.29) is 24.4 Å². The van der Waals surface area contributed by atoms with Crippen LogP contribution in [-0.4, -0.2) is 23.4 Å². The van der Waals surface area contributed by atoms with Gasteiger partial charge in [0.25, 0.3) is 0 Å². The van der Waals surface area contributed by atoms with Crippen molar-refractivity contribution in [2.75, 3.05) is 6.54 Å². The topological polar surface area (TPSA) is 46.3 Å². The Kier molecular flexibility index (Phi) is 5.88. The van der Waals surface area contributed by atoms with E-state index in [4.69, 9.17) is 5.73 Å². The molecule has 1 saturated heterocycles. The first kappa shape index (κ1) is 15.7. The lowest BCUT2D eigenvalue weighted by atomic mass is 10.0. The van der Waals surface area contributed by atoms with Crippen LogP contribution in [0, 0.1) is 3.57 Å². The molecule has 0 radical (unpaired) electrons. The van der Waals surface area contributed by atoms with Crippen molar-refractivity contribution in [3.05, 3.63) is 33.4 Å². The van der Waals surface area contributed by atoms with E-state index in [1.807, 2.05) is 4.90 Å². The highest BCUT2D eigenvalue weighted by Gasteiger charge is 2.31. The SMILES string of the molecule is CC(N)C(=O)N1CCCC1c1ccc(I)cc1.Cl. The summed E-state index contributed by atoms with van der Waals surface area (Å²) in [5, 5.41) is 0.